The second-order valence-electron chi connectivity index (χ2n) is 9.84. The zero-order valence-corrected chi connectivity index (χ0v) is 22.1. The molecule has 2 atom stereocenters. The highest BCUT2D eigenvalue weighted by Crippen LogP contribution is 2.58. The molecule has 186 valence electrons. The molecule has 0 unspecified atom stereocenters. The lowest BCUT2D eigenvalue weighted by atomic mass is 9.69. The van der Waals surface area contributed by atoms with Gasteiger partial charge in [-0.15, -0.1) is 0 Å². The van der Waals surface area contributed by atoms with Crippen molar-refractivity contribution in [3.05, 3.63) is 52.0 Å². The third-order valence-electron chi connectivity index (χ3n) is 7.77. The van der Waals surface area contributed by atoms with Crippen LogP contribution in [0, 0.1) is 5.41 Å². The molecule has 35 heavy (non-hydrogen) atoms. The van der Waals surface area contributed by atoms with Crippen molar-refractivity contribution in [2.24, 2.45) is 10.4 Å². The molecule has 0 bridgehead atoms. The molecule has 0 amide bonds. The molecule has 2 fully saturated rings. The number of esters is 1. The Morgan fingerprint density at radius 2 is 1.60 bits per heavy atom. The Hall–Kier alpha value is -2.58. The molecule has 0 N–H and O–H groups in total. The molecule has 0 aromatic heterocycles. The topological polar surface area (TPSA) is 75.6 Å². The number of methoxy groups -OCH3 is 3. The van der Waals surface area contributed by atoms with Crippen LogP contribution in [0.25, 0.3) is 0 Å². The van der Waals surface area contributed by atoms with Crippen molar-refractivity contribution >= 4 is 27.8 Å². The zero-order valence-electron chi connectivity index (χ0n) is 20.5. The number of carbonyl (C=O) groups is 1. The second-order valence-corrected chi connectivity index (χ2v) is 10.8. The van der Waals surface area contributed by atoms with Gasteiger partial charge in [0.1, 0.15) is 5.60 Å². The molecule has 3 aliphatic rings. The molecule has 8 heteroatoms. The van der Waals surface area contributed by atoms with Crippen molar-refractivity contribution in [1.29, 1.82) is 0 Å². The highest BCUT2D eigenvalue weighted by atomic mass is 79.9. The molecule has 1 aliphatic carbocycles. The highest BCUT2D eigenvalue weighted by molar-refractivity contribution is 9.10. The van der Waals surface area contributed by atoms with Gasteiger partial charge in [0.05, 0.1) is 27.9 Å². The van der Waals surface area contributed by atoms with E-state index in [9.17, 15) is 4.79 Å². The van der Waals surface area contributed by atoms with Crippen molar-refractivity contribution < 1.29 is 28.5 Å². The number of hydrogen-bond acceptors (Lipinski definition) is 7. The Kier molecular flexibility index (Phi) is 6.08. The number of hydrogen-bond donors (Lipinski definition) is 0. The van der Waals surface area contributed by atoms with E-state index in [1.807, 2.05) is 31.2 Å². The minimum atomic E-state index is -1.34. The van der Waals surface area contributed by atoms with Gasteiger partial charge < -0.3 is 23.7 Å². The largest absolute Gasteiger partial charge is 0.493 e. The Morgan fingerprint density at radius 1 is 0.971 bits per heavy atom. The minimum Gasteiger partial charge on any atom is -0.493 e. The van der Waals surface area contributed by atoms with Crippen LogP contribution in [-0.4, -0.2) is 45.4 Å². The first-order valence-corrected chi connectivity index (χ1v) is 12.6. The molecule has 1 spiro atoms. The van der Waals surface area contributed by atoms with Gasteiger partial charge >= 0.3 is 5.97 Å². The molecular weight excluding hydrogens is 514 g/mol. The van der Waals surface area contributed by atoms with E-state index >= 15 is 0 Å². The number of halogens is 1. The van der Waals surface area contributed by atoms with Gasteiger partial charge in [-0.05, 0) is 61.4 Å². The molecule has 1 saturated heterocycles. The molecule has 5 rings (SSSR count). The molecule has 2 aliphatic heterocycles. The second kappa shape index (κ2) is 8.82. The van der Waals surface area contributed by atoms with Crippen molar-refractivity contribution in [3.8, 4) is 17.2 Å². The standard InChI is InChI=1S/C27H30BrNO6/c1-25(15-26(16-34-25)11-5-6-12-26)27(18-7-9-19(28)10-8-18)24(30)35-23(29-27)17-13-20(31-2)22(33-4)21(14-17)32-3/h7-10,13-14H,5-6,11-12,15-16H2,1-4H3/t25-,27+/m1/s1. The number of nitrogens with zero attached hydrogens (tertiary/aromatic N) is 1. The van der Waals surface area contributed by atoms with Crippen LogP contribution in [0.2, 0.25) is 0 Å². The van der Waals surface area contributed by atoms with E-state index in [1.54, 1.807) is 33.5 Å². The predicted molar refractivity (Wildman–Crippen MR) is 134 cm³/mol. The van der Waals surface area contributed by atoms with Gasteiger partial charge in [0, 0.05) is 10.0 Å². The van der Waals surface area contributed by atoms with E-state index in [1.165, 1.54) is 12.8 Å². The van der Waals surface area contributed by atoms with E-state index in [2.05, 4.69) is 15.9 Å². The average Bonchev–Trinajstić information content (AvgIpc) is 3.57. The fraction of sp³-hybridized carbons (Fsp3) is 0.481. The molecule has 0 radical (unpaired) electrons. The number of carbonyl (C=O) groups excluding carboxylic acids is 1. The van der Waals surface area contributed by atoms with Gasteiger partial charge in [-0.3, -0.25) is 0 Å². The van der Waals surface area contributed by atoms with Gasteiger partial charge in [0.25, 0.3) is 0 Å². The Balaban J connectivity index is 1.67. The normalized spacial score (nSPS) is 27.1. The first-order chi connectivity index (χ1) is 16.8. The molecule has 2 aromatic carbocycles. The first kappa shape index (κ1) is 24.1. The summed E-state index contributed by atoms with van der Waals surface area (Å²) in [6, 6.07) is 11.1. The lowest BCUT2D eigenvalue weighted by molar-refractivity contribution is -0.150. The predicted octanol–water partition coefficient (Wildman–Crippen LogP) is 5.41. The van der Waals surface area contributed by atoms with Gasteiger partial charge in [-0.25, -0.2) is 9.79 Å². The molecular formula is C27H30BrNO6. The van der Waals surface area contributed by atoms with Crippen molar-refractivity contribution in [2.75, 3.05) is 27.9 Å². The quantitative estimate of drug-likeness (QED) is 0.453. The smallest absolute Gasteiger partial charge is 0.348 e. The SMILES string of the molecule is COc1cc(C2=N[C@](c3ccc(Br)cc3)([C@@]3(C)CC4(CCCC4)CO3)C(=O)O2)cc(OC)c1OC. The van der Waals surface area contributed by atoms with Gasteiger partial charge in [-0.1, -0.05) is 40.9 Å². The summed E-state index contributed by atoms with van der Waals surface area (Å²) in [4.78, 5) is 18.9. The fourth-order valence-electron chi connectivity index (χ4n) is 6.03. The molecule has 7 nitrogen and oxygen atoms in total. The summed E-state index contributed by atoms with van der Waals surface area (Å²) in [5, 5.41) is 0. The van der Waals surface area contributed by atoms with Gasteiger partial charge in [0.15, 0.2) is 11.5 Å². The van der Waals surface area contributed by atoms with E-state index in [-0.39, 0.29) is 11.3 Å². The minimum absolute atomic E-state index is 0.0855. The van der Waals surface area contributed by atoms with Crippen LogP contribution in [0.1, 0.15) is 50.2 Å². The van der Waals surface area contributed by atoms with E-state index in [4.69, 9.17) is 28.7 Å². The van der Waals surface area contributed by atoms with E-state index in [0.29, 0.717) is 29.4 Å². The number of rotatable bonds is 6. The first-order valence-electron chi connectivity index (χ1n) is 11.8. The molecule has 1 saturated carbocycles. The maximum atomic E-state index is 13.9. The summed E-state index contributed by atoms with van der Waals surface area (Å²) in [7, 11) is 4.64. The number of cyclic esters (lactones) is 1. The highest BCUT2D eigenvalue weighted by Gasteiger charge is 2.66. The summed E-state index contributed by atoms with van der Waals surface area (Å²) >= 11 is 3.50. The van der Waals surface area contributed by atoms with Crippen LogP contribution >= 0.6 is 15.9 Å². The van der Waals surface area contributed by atoms with E-state index < -0.39 is 17.1 Å². The van der Waals surface area contributed by atoms with Crippen LogP contribution < -0.4 is 14.2 Å². The molecule has 2 heterocycles. The number of ether oxygens (including phenoxy) is 5. The summed E-state index contributed by atoms with van der Waals surface area (Å²) in [6.07, 6.45) is 5.34. The lowest BCUT2D eigenvalue weighted by Gasteiger charge is -2.38. The molecule has 2 aromatic rings. The zero-order chi connectivity index (χ0) is 24.8. The Labute approximate surface area is 213 Å². The fourth-order valence-corrected chi connectivity index (χ4v) is 6.30. The van der Waals surface area contributed by atoms with Crippen LogP contribution in [0.5, 0.6) is 17.2 Å². The Bertz CT molecular complexity index is 1150. The van der Waals surface area contributed by atoms with Crippen LogP contribution in [-0.2, 0) is 19.8 Å². The lowest BCUT2D eigenvalue weighted by Crippen LogP contribution is -2.52. The third kappa shape index (κ3) is 3.73. The van der Waals surface area contributed by atoms with Crippen molar-refractivity contribution in [1.82, 2.24) is 0 Å². The number of aliphatic imine (C=N–C) groups is 1. The van der Waals surface area contributed by atoms with Crippen LogP contribution in [0.4, 0.5) is 0 Å². The van der Waals surface area contributed by atoms with Gasteiger partial charge in [0.2, 0.25) is 17.2 Å². The summed E-state index contributed by atoms with van der Waals surface area (Å²) in [5.74, 6) is 1.12. The van der Waals surface area contributed by atoms with Crippen LogP contribution in [0.15, 0.2) is 45.9 Å². The summed E-state index contributed by atoms with van der Waals surface area (Å²) < 4.78 is 29.8. The van der Waals surface area contributed by atoms with E-state index in [0.717, 1.165) is 29.3 Å². The summed E-state index contributed by atoms with van der Waals surface area (Å²) in [5.41, 5.74) is -0.808. The monoisotopic (exact) mass is 543 g/mol. The maximum absolute atomic E-state index is 13.9. The third-order valence-corrected chi connectivity index (χ3v) is 8.30. The average molecular weight is 544 g/mol. The summed E-state index contributed by atoms with van der Waals surface area (Å²) in [6.45, 7) is 2.63. The number of benzene rings is 2. The van der Waals surface area contributed by atoms with Gasteiger partial charge in [-0.2, -0.15) is 0 Å². The van der Waals surface area contributed by atoms with Crippen molar-refractivity contribution in [3.63, 3.8) is 0 Å². The Morgan fingerprint density at radius 3 is 2.17 bits per heavy atom. The van der Waals surface area contributed by atoms with Crippen LogP contribution in [0.3, 0.4) is 0 Å². The van der Waals surface area contributed by atoms with Crippen molar-refractivity contribution in [2.45, 2.75) is 50.2 Å². The maximum Gasteiger partial charge on any atom is 0.348 e.